The summed E-state index contributed by atoms with van der Waals surface area (Å²) in [5.74, 6) is -0.910. The third kappa shape index (κ3) is 4.23. The smallest absolute Gasteiger partial charge is 0.338 e. The molecule has 27 heavy (non-hydrogen) atoms. The van der Waals surface area contributed by atoms with E-state index in [1.807, 2.05) is 12.1 Å². The highest BCUT2D eigenvalue weighted by atomic mass is 16.5. The maximum absolute atomic E-state index is 12.2. The second-order valence-corrected chi connectivity index (χ2v) is 6.28. The first-order chi connectivity index (χ1) is 13.1. The van der Waals surface area contributed by atoms with E-state index in [0.29, 0.717) is 42.7 Å². The Labute approximate surface area is 157 Å². The van der Waals surface area contributed by atoms with Crippen LogP contribution in [0.5, 0.6) is 0 Å². The summed E-state index contributed by atoms with van der Waals surface area (Å²) in [7, 11) is 1.62. The van der Waals surface area contributed by atoms with Gasteiger partial charge in [0.05, 0.1) is 29.9 Å². The van der Waals surface area contributed by atoms with E-state index in [1.165, 1.54) is 4.90 Å². The van der Waals surface area contributed by atoms with E-state index >= 15 is 0 Å². The van der Waals surface area contributed by atoms with Crippen molar-refractivity contribution < 1.29 is 23.9 Å². The third-order valence-corrected chi connectivity index (χ3v) is 4.39. The zero-order valence-corrected chi connectivity index (χ0v) is 15.1. The number of benzene rings is 2. The van der Waals surface area contributed by atoms with Crippen molar-refractivity contribution in [3.8, 4) is 0 Å². The van der Waals surface area contributed by atoms with Crippen LogP contribution in [0.25, 0.3) is 0 Å². The van der Waals surface area contributed by atoms with E-state index < -0.39 is 0 Å². The van der Waals surface area contributed by atoms with Crippen molar-refractivity contribution in [2.24, 2.45) is 0 Å². The Balaban J connectivity index is 1.41. The Hall–Kier alpha value is -2.99. The lowest BCUT2D eigenvalue weighted by Crippen LogP contribution is -2.30. The quantitative estimate of drug-likeness (QED) is 0.407. The van der Waals surface area contributed by atoms with Gasteiger partial charge in [0.2, 0.25) is 0 Å². The molecule has 0 saturated carbocycles. The van der Waals surface area contributed by atoms with E-state index in [-0.39, 0.29) is 24.4 Å². The van der Waals surface area contributed by atoms with Crippen LogP contribution in [0, 0.1) is 0 Å². The number of carbonyl (C=O) groups is 3. The lowest BCUT2D eigenvalue weighted by molar-refractivity contribution is 0.0485. The summed E-state index contributed by atoms with van der Waals surface area (Å²) in [5, 5.41) is 0. The number of methoxy groups -OCH3 is 1. The monoisotopic (exact) mass is 367 g/mol. The molecule has 0 aliphatic carbocycles. The summed E-state index contributed by atoms with van der Waals surface area (Å²) in [5.41, 5.74) is 2.36. The molecule has 0 fully saturated rings. The fourth-order valence-corrected chi connectivity index (χ4v) is 2.97. The standard InChI is InChI=1S/C21H21NO5/c1-26-14-15-8-10-16(11-9-15)21(25)27-13-5-4-12-22-19(23)17-6-2-3-7-18(17)20(22)24/h2-3,6-11H,4-5,12-14H2,1H3. The Bertz CT molecular complexity index is 809. The number of hydrogen-bond acceptors (Lipinski definition) is 5. The molecule has 0 atom stereocenters. The molecule has 0 spiro atoms. The van der Waals surface area contributed by atoms with Crippen LogP contribution >= 0.6 is 0 Å². The molecule has 0 radical (unpaired) electrons. The SMILES string of the molecule is COCc1ccc(C(=O)OCCCCN2C(=O)c3ccccc3C2=O)cc1. The van der Waals surface area contributed by atoms with Gasteiger partial charge in [0.15, 0.2) is 0 Å². The van der Waals surface area contributed by atoms with Crippen LogP contribution < -0.4 is 0 Å². The third-order valence-electron chi connectivity index (χ3n) is 4.39. The average Bonchev–Trinajstić information content (AvgIpc) is 2.93. The highest BCUT2D eigenvalue weighted by Gasteiger charge is 2.34. The number of carbonyl (C=O) groups excluding carboxylic acids is 3. The summed E-state index contributed by atoms with van der Waals surface area (Å²) in [4.78, 5) is 37.8. The van der Waals surface area contributed by atoms with Gasteiger partial charge in [0, 0.05) is 13.7 Å². The first-order valence-corrected chi connectivity index (χ1v) is 8.82. The van der Waals surface area contributed by atoms with E-state index in [4.69, 9.17) is 9.47 Å². The highest BCUT2D eigenvalue weighted by Crippen LogP contribution is 2.22. The lowest BCUT2D eigenvalue weighted by Gasteiger charge is -2.13. The Morgan fingerprint density at radius 3 is 2.15 bits per heavy atom. The molecule has 0 bridgehead atoms. The number of ether oxygens (including phenoxy) is 2. The van der Waals surface area contributed by atoms with Crippen LogP contribution in [0.15, 0.2) is 48.5 Å². The van der Waals surface area contributed by atoms with Crippen LogP contribution in [-0.2, 0) is 16.1 Å². The zero-order chi connectivity index (χ0) is 19.2. The molecule has 1 aliphatic rings. The minimum atomic E-state index is -0.389. The molecule has 6 heteroatoms. The summed E-state index contributed by atoms with van der Waals surface area (Å²) >= 11 is 0. The summed E-state index contributed by atoms with van der Waals surface area (Å²) in [6.07, 6.45) is 1.15. The van der Waals surface area contributed by atoms with Gasteiger partial charge < -0.3 is 9.47 Å². The van der Waals surface area contributed by atoms with Crippen molar-refractivity contribution in [3.63, 3.8) is 0 Å². The number of rotatable bonds is 8. The fraction of sp³-hybridized carbons (Fsp3) is 0.286. The summed E-state index contributed by atoms with van der Waals surface area (Å²) in [6.45, 7) is 1.05. The predicted molar refractivity (Wildman–Crippen MR) is 98.5 cm³/mol. The van der Waals surface area contributed by atoms with Crippen molar-refractivity contribution in [2.45, 2.75) is 19.4 Å². The van der Waals surface area contributed by atoms with Crippen molar-refractivity contribution in [2.75, 3.05) is 20.3 Å². The predicted octanol–water partition coefficient (Wildman–Crippen LogP) is 3.07. The van der Waals surface area contributed by atoms with Gasteiger partial charge in [-0.1, -0.05) is 24.3 Å². The molecular formula is C21H21NO5. The summed E-state index contributed by atoms with van der Waals surface area (Å²) < 4.78 is 10.3. The lowest BCUT2D eigenvalue weighted by atomic mass is 10.1. The molecule has 0 N–H and O–H groups in total. The Morgan fingerprint density at radius 1 is 0.926 bits per heavy atom. The Kier molecular flexibility index (Phi) is 5.98. The number of amides is 2. The second-order valence-electron chi connectivity index (χ2n) is 6.28. The molecule has 1 aliphatic heterocycles. The molecule has 0 saturated heterocycles. The molecule has 1 heterocycles. The number of unbranched alkanes of at least 4 members (excludes halogenated alkanes) is 1. The van der Waals surface area contributed by atoms with Crippen molar-refractivity contribution >= 4 is 17.8 Å². The zero-order valence-electron chi connectivity index (χ0n) is 15.1. The molecule has 2 aromatic rings. The molecule has 2 aromatic carbocycles. The van der Waals surface area contributed by atoms with E-state index in [1.54, 1.807) is 43.5 Å². The van der Waals surface area contributed by atoms with Gasteiger partial charge in [-0.2, -0.15) is 0 Å². The molecule has 2 amide bonds. The second kappa shape index (κ2) is 8.60. The first-order valence-electron chi connectivity index (χ1n) is 8.82. The molecule has 6 nitrogen and oxygen atoms in total. The van der Waals surface area contributed by atoms with Crippen molar-refractivity contribution in [1.29, 1.82) is 0 Å². The number of fused-ring (bicyclic) bond motifs is 1. The van der Waals surface area contributed by atoms with Gasteiger partial charge >= 0.3 is 5.97 Å². The minimum absolute atomic E-state index is 0.238. The minimum Gasteiger partial charge on any atom is -0.462 e. The number of hydrogen-bond donors (Lipinski definition) is 0. The van der Waals surface area contributed by atoms with Crippen LogP contribution in [0.3, 0.4) is 0 Å². The molecule has 0 unspecified atom stereocenters. The van der Waals surface area contributed by atoms with E-state index in [9.17, 15) is 14.4 Å². The van der Waals surface area contributed by atoms with Crippen molar-refractivity contribution in [3.05, 3.63) is 70.8 Å². The number of imide groups is 1. The fourth-order valence-electron chi connectivity index (χ4n) is 2.97. The van der Waals surface area contributed by atoms with Crippen LogP contribution in [0.1, 0.15) is 49.5 Å². The maximum Gasteiger partial charge on any atom is 0.338 e. The van der Waals surface area contributed by atoms with Crippen LogP contribution in [0.4, 0.5) is 0 Å². The molecule has 0 aromatic heterocycles. The summed E-state index contributed by atoms with van der Waals surface area (Å²) in [6, 6.07) is 13.9. The molecular weight excluding hydrogens is 346 g/mol. The average molecular weight is 367 g/mol. The van der Waals surface area contributed by atoms with E-state index in [2.05, 4.69) is 0 Å². The van der Waals surface area contributed by atoms with Gasteiger partial charge in [-0.15, -0.1) is 0 Å². The van der Waals surface area contributed by atoms with Gasteiger partial charge in [0.1, 0.15) is 0 Å². The molecule has 3 rings (SSSR count). The van der Waals surface area contributed by atoms with Gasteiger partial charge in [0.25, 0.3) is 11.8 Å². The van der Waals surface area contributed by atoms with Gasteiger partial charge in [-0.25, -0.2) is 4.79 Å². The Morgan fingerprint density at radius 2 is 1.56 bits per heavy atom. The van der Waals surface area contributed by atoms with Gasteiger partial charge in [-0.3, -0.25) is 14.5 Å². The van der Waals surface area contributed by atoms with E-state index in [0.717, 1.165) is 5.56 Å². The largest absolute Gasteiger partial charge is 0.462 e. The van der Waals surface area contributed by atoms with Crippen molar-refractivity contribution in [1.82, 2.24) is 4.90 Å². The highest BCUT2D eigenvalue weighted by molar-refractivity contribution is 6.21. The van der Waals surface area contributed by atoms with Crippen LogP contribution in [-0.4, -0.2) is 42.9 Å². The van der Waals surface area contributed by atoms with Gasteiger partial charge in [-0.05, 0) is 42.7 Å². The number of nitrogens with zero attached hydrogens (tertiary/aromatic N) is 1. The normalized spacial score (nSPS) is 13.0. The first kappa shape index (κ1) is 18.8. The number of esters is 1. The molecule has 140 valence electrons. The topological polar surface area (TPSA) is 72.9 Å². The maximum atomic E-state index is 12.2. The van der Waals surface area contributed by atoms with Crippen LogP contribution in [0.2, 0.25) is 0 Å².